The summed E-state index contributed by atoms with van der Waals surface area (Å²) in [7, 11) is 1.13. The molecular formula is C23H41O3P. The SMILES string of the molecule is CCCC[P+](CCCC)(CCCC)CC(C)OC.O=C([O-])c1ccccc1. The number of aromatic carboxylic acids is 1. The van der Waals surface area contributed by atoms with Gasteiger partial charge >= 0.3 is 0 Å². The number of methoxy groups -OCH3 is 1. The maximum Gasteiger partial charge on any atom is 0.0877 e. The van der Waals surface area contributed by atoms with Crippen LogP contribution in [0.25, 0.3) is 0 Å². The lowest BCUT2D eigenvalue weighted by Crippen LogP contribution is -2.21. The van der Waals surface area contributed by atoms with Gasteiger partial charge in [0, 0.05) is 14.4 Å². The van der Waals surface area contributed by atoms with E-state index < -0.39 is 13.2 Å². The molecule has 0 radical (unpaired) electrons. The molecule has 3 nitrogen and oxygen atoms in total. The Morgan fingerprint density at radius 3 is 1.70 bits per heavy atom. The molecule has 1 aromatic carbocycles. The summed E-state index contributed by atoms with van der Waals surface area (Å²) in [5.74, 6) is -1.13. The van der Waals surface area contributed by atoms with E-state index in [2.05, 4.69) is 27.7 Å². The van der Waals surface area contributed by atoms with Gasteiger partial charge in [-0.2, -0.15) is 0 Å². The minimum atomic E-state index is -1.13. The van der Waals surface area contributed by atoms with Crippen molar-refractivity contribution in [1.29, 1.82) is 0 Å². The lowest BCUT2D eigenvalue weighted by Gasteiger charge is -2.30. The van der Waals surface area contributed by atoms with Gasteiger partial charge in [-0.1, -0.05) is 70.4 Å². The summed E-state index contributed by atoms with van der Waals surface area (Å²) in [6.07, 6.45) is 14.7. The monoisotopic (exact) mass is 396 g/mol. The van der Waals surface area contributed by atoms with Crippen LogP contribution in [0.5, 0.6) is 0 Å². The maximum absolute atomic E-state index is 10.1. The molecule has 27 heavy (non-hydrogen) atoms. The highest BCUT2D eigenvalue weighted by Crippen LogP contribution is 2.61. The predicted molar refractivity (Wildman–Crippen MR) is 118 cm³/mol. The number of benzene rings is 1. The van der Waals surface area contributed by atoms with Crippen molar-refractivity contribution in [2.75, 3.05) is 31.8 Å². The fourth-order valence-electron chi connectivity index (χ4n) is 3.28. The van der Waals surface area contributed by atoms with Crippen molar-refractivity contribution in [3.63, 3.8) is 0 Å². The molecule has 0 aliphatic carbocycles. The molecule has 1 unspecified atom stereocenters. The summed E-state index contributed by atoms with van der Waals surface area (Å²) in [4.78, 5) is 10.1. The van der Waals surface area contributed by atoms with Crippen LogP contribution in [-0.4, -0.2) is 43.8 Å². The summed E-state index contributed by atoms with van der Waals surface area (Å²) in [5.41, 5.74) is 0.220. The highest BCUT2D eigenvalue weighted by atomic mass is 31.2. The van der Waals surface area contributed by atoms with Gasteiger partial charge in [0.15, 0.2) is 0 Å². The Bertz CT molecular complexity index is 454. The number of unbranched alkanes of at least 4 members (excludes halogenated alkanes) is 3. The number of hydrogen-bond acceptors (Lipinski definition) is 3. The van der Waals surface area contributed by atoms with E-state index in [-0.39, 0.29) is 5.56 Å². The van der Waals surface area contributed by atoms with E-state index in [1.807, 2.05) is 7.11 Å². The Balaban J connectivity index is 0.000000621. The lowest BCUT2D eigenvalue weighted by atomic mass is 10.2. The third kappa shape index (κ3) is 12.2. The molecule has 0 bridgehead atoms. The van der Waals surface area contributed by atoms with E-state index in [0.717, 1.165) is 0 Å². The summed E-state index contributed by atoms with van der Waals surface area (Å²) in [5, 5.41) is 10.1. The van der Waals surface area contributed by atoms with Crippen molar-refractivity contribution in [1.82, 2.24) is 0 Å². The number of carboxylic acids is 1. The zero-order chi connectivity index (χ0) is 20.5. The van der Waals surface area contributed by atoms with Crippen LogP contribution in [0.15, 0.2) is 30.3 Å². The van der Waals surface area contributed by atoms with Gasteiger partial charge in [0.1, 0.15) is 0 Å². The molecule has 0 amide bonds. The Kier molecular flexibility index (Phi) is 15.5. The van der Waals surface area contributed by atoms with E-state index in [4.69, 9.17) is 4.74 Å². The largest absolute Gasteiger partial charge is 0.545 e. The number of carboxylic acid groups (broad SMARTS) is 1. The van der Waals surface area contributed by atoms with Crippen LogP contribution >= 0.6 is 7.26 Å². The molecule has 0 aromatic heterocycles. The van der Waals surface area contributed by atoms with E-state index in [1.54, 1.807) is 18.2 Å². The quantitative estimate of drug-likeness (QED) is 0.414. The maximum atomic E-state index is 10.1. The smallest absolute Gasteiger partial charge is 0.0877 e. The first-order valence-corrected chi connectivity index (χ1v) is 13.1. The van der Waals surface area contributed by atoms with E-state index in [0.29, 0.717) is 6.10 Å². The van der Waals surface area contributed by atoms with Crippen molar-refractivity contribution in [3.8, 4) is 0 Å². The molecule has 0 heterocycles. The fraction of sp³-hybridized carbons (Fsp3) is 0.696. The second kappa shape index (κ2) is 16.1. The standard InChI is InChI=1S/C16H36OP.C7H6O2/c1-6-9-12-18(13-10-7-2,14-11-8-3)15-16(4)17-5;8-7(9)6-4-2-1-3-5-6/h16H,6-15H2,1-5H3;1-5H,(H,8,9)/q+1;/p-1. The van der Waals surface area contributed by atoms with Crippen molar-refractivity contribution < 1.29 is 14.6 Å². The molecule has 0 saturated carbocycles. The minimum absolute atomic E-state index is 0.220. The molecule has 1 rings (SSSR count). The number of hydrogen-bond donors (Lipinski definition) is 0. The van der Waals surface area contributed by atoms with Gasteiger partial charge in [-0.3, -0.25) is 0 Å². The molecule has 4 heteroatoms. The van der Waals surface area contributed by atoms with Crippen LogP contribution in [0.4, 0.5) is 0 Å². The van der Waals surface area contributed by atoms with Crippen LogP contribution < -0.4 is 5.11 Å². The fourth-order valence-corrected chi connectivity index (χ4v) is 8.70. The molecule has 156 valence electrons. The number of carbonyl (C=O) groups excluding carboxylic acids is 1. The molecule has 1 aromatic rings. The first kappa shape index (κ1) is 26.1. The highest BCUT2D eigenvalue weighted by molar-refractivity contribution is 7.75. The van der Waals surface area contributed by atoms with Gasteiger partial charge in [-0.25, -0.2) is 0 Å². The Labute approximate surface area is 168 Å². The lowest BCUT2D eigenvalue weighted by molar-refractivity contribution is -0.255. The Hall–Kier alpha value is -0.920. The molecule has 0 spiro atoms. The van der Waals surface area contributed by atoms with Gasteiger partial charge in [-0.15, -0.1) is 0 Å². The van der Waals surface area contributed by atoms with E-state index in [1.165, 1.54) is 75.3 Å². The van der Waals surface area contributed by atoms with Gasteiger partial charge in [0.05, 0.1) is 36.7 Å². The van der Waals surface area contributed by atoms with Crippen LogP contribution in [0, 0.1) is 0 Å². The highest BCUT2D eigenvalue weighted by Gasteiger charge is 2.36. The van der Waals surface area contributed by atoms with Gasteiger partial charge in [0.2, 0.25) is 0 Å². The Morgan fingerprint density at radius 1 is 0.963 bits per heavy atom. The third-order valence-electron chi connectivity index (χ3n) is 5.01. The Morgan fingerprint density at radius 2 is 1.41 bits per heavy atom. The van der Waals surface area contributed by atoms with Gasteiger partial charge in [-0.05, 0) is 31.7 Å². The molecule has 0 fully saturated rings. The normalized spacial score (nSPS) is 12.2. The second-order valence-corrected chi connectivity index (χ2v) is 11.8. The minimum Gasteiger partial charge on any atom is -0.545 e. The van der Waals surface area contributed by atoms with Crippen LogP contribution in [0.2, 0.25) is 0 Å². The molecule has 0 saturated heterocycles. The topological polar surface area (TPSA) is 49.4 Å². The van der Waals surface area contributed by atoms with Crippen molar-refractivity contribution in [2.24, 2.45) is 0 Å². The number of carbonyl (C=O) groups is 1. The number of ether oxygens (including phenoxy) is 1. The first-order chi connectivity index (χ1) is 12.9. The summed E-state index contributed by atoms with van der Waals surface area (Å²) in [6, 6.07) is 8.06. The zero-order valence-electron chi connectivity index (χ0n) is 18.2. The van der Waals surface area contributed by atoms with Gasteiger partial charge in [0.25, 0.3) is 0 Å². The van der Waals surface area contributed by atoms with Crippen LogP contribution in [-0.2, 0) is 4.74 Å². The predicted octanol–water partition coefficient (Wildman–Crippen LogP) is 5.49. The average molecular weight is 397 g/mol. The second-order valence-electron chi connectivity index (χ2n) is 7.46. The third-order valence-corrected chi connectivity index (χ3v) is 10.1. The van der Waals surface area contributed by atoms with Crippen molar-refractivity contribution in [2.45, 2.75) is 72.3 Å². The molecule has 1 atom stereocenters. The molecular weight excluding hydrogens is 355 g/mol. The van der Waals surface area contributed by atoms with Crippen LogP contribution in [0.3, 0.4) is 0 Å². The van der Waals surface area contributed by atoms with Crippen LogP contribution in [0.1, 0.15) is 76.6 Å². The molecule has 0 aliphatic rings. The molecule has 0 N–H and O–H groups in total. The van der Waals surface area contributed by atoms with E-state index in [9.17, 15) is 9.90 Å². The number of rotatable bonds is 13. The zero-order valence-corrected chi connectivity index (χ0v) is 19.1. The van der Waals surface area contributed by atoms with E-state index >= 15 is 0 Å². The summed E-state index contributed by atoms with van der Waals surface area (Å²) >= 11 is 0. The molecule has 0 aliphatic heterocycles. The van der Waals surface area contributed by atoms with Crippen molar-refractivity contribution >= 4 is 13.2 Å². The van der Waals surface area contributed by atoms with Crippen molar-refractivity contribution in [3.05, 3.63) is 35.9 Å². The van der Waals surface area contributed by atoms with Gasteiger partial charge < -0.3 is 14.6 Å². The average Bonchev–Trinajstić information content (AvgIpc) is 2.70. The summed E-state index contributed by atoms with van der Waals surface area (Å²) < 4.78 is 5.57. The summed E-state index contributed by atoms with van der Waals surface area (Å²) in [6.45, 7) is 9.24. The first-order valence-electron chi connectivity index (χ1n) is 10.6.